The molecule has 174 valence electrons. The van der Waals surface area contributed by atoms with Crippen molar-refractivity contribution in [2.45, 2.75) is 25.2 Å². The summed E-state index contributed by atoms with van der Waals surface area (Å²) in [6, 6.07) is 17.2. The van der Waals surface area contributed by atoms with Crippen LogP contribution < -0.4 is 4.74 Å². The molecule has 0 amide bonds. The van der Waals surface area contributed by atoms with Crippen molar-refractivity contribution in [1.82, 2.24) is 3.97 Å². The van der Waals surface area contributed by atoms with Crippen LogP contribution in [0.5, 0.6) is 5.75 Å². The second-order valence-corrected chi connectivity index (χ2v) is 10.3. The van der Waals surface area contributed by atoms with Crippen LogP contribution in [0.25, 0.3) is 10.9 Å². The molecule has 1 aliphatic rings. The molecule has 0 aliphatic carbocycles. The average molecular weight is 484 g/mol. The van der Waals surface area contributed by atoms with Gasteiger partial charge in [-0.2, -0.15) is 5.26 Å². The topological polar surface area (TPSA) is 102 Å². The number of aliphatic imine (C=N–C) groups is 1. The van der Waals surface area contributed by atoms with Crippen LogP contribution in [0.15, 0.2) is 70.7 Å². The number of benzene rings is 3. The number of carbonyl (C=O) groups excluding carboxylic acids is 1. The highest BCUT2D eigenvalue weighted by Crippen LogP contribution is 2.36. The first-order valence-corrected chi connectivity index (χ1v) is 12.3. The van der Waals surface area contributed by atoms with Gasteiger partial charge in [-0.05, 0) is 61.4 Å². The minimum Gasteiger partial charge on any atom is -0.496 e. The summed E-state index contributed by atoms with van der Waals surface area (Å²) in [5.74, 6) is 0.00824. The van der Waals surface area contributed by atoms with Crippen molar-refractivity contribution in [3.63, 3.8) is 0 Å². The highest BCUT2D eigenvalue weighted by Gasteiger charge is 2.29. The van der Waals surface area contributed by atoms with Crippen LogP contribution in [0.2, 0.25) is 0 Å². The Morgan fingerprint density at radius 3 is 2.51 bits per heavy atom. The van der Waals surface area contributed by atoms with Gasteiger partial charge in [-0.1, -0.05) is 23.8 Å². The number of carbonyl (C=O) groups is 1. The Balaban J connectivity index is 1.66. The molecular formula is C27H21N3O4S. The van der Waals surface area contributed by atoms with Crippen LogP contribution in [0, 0.1) is 25.2 Å². The summed E-state index contributed by atoms with van der Waals surface area (Å²) in [5.41, 5.74) is 4.52. The first-order chi connectivity index (χ1) is 16.7. The Hall–Kier alpha value is -4.22. The van der Waals surface area contributed by atoms with Gasteiger partial charge in [0.1, 0.15) is 5.75 Å². The number of ether oxygens (including phenoxy) is 1. The summed E-state index contributed by atoms with van der Waals surface area (Å²) in [7, 11) is -2.42. The number of aryl methyl sites for hydroxylation is 2. The van der Waals surface area contributed by atoms with Crippen molar-refractivity contribution < 1.29 is 17.9 Å². The van der Waals surface area contributed by atoms with Gasteiger partial charge in [0.05, 0.1) is 46.1 Å². The number of Topliss-reactive ketones (excluding diaryl/α,β-unsaturated/α-hetero) is 1. The van der Waals surface area contributed by atoms with Crippen molar-refractivity contribution in [1.29, 1.82) is 5.26 Å². The van der Waals surface area contributed by atoms with E-state index < -0.39 is 10.0 Å². The van der Waals surface area contributed by atoms with Crippen molar-refractivity contribution in [3.05, 3.63) is 88.6 Å². The van der Waals surface area contributed by atoms with Gasteiger partial charge in [-0.15, -0.1) is 0 Å². The van der Waals surface area contributed by atoms with E-state index >= 15 is 0 Å². The molecular weight excluding hydrogens is 462 g/mol. The zero-order valence-corrected chi connectivity index (χ0v) is 20.2. The summed E-state index contributed by atoms with van der Waals surface area (Å²) in [5, 5.41) is 9.64. The van der Waals surface area contributed by atoms with Crippen molar-refractivity contribution in [3.8, 4) is 11.8 Å². The lowest BCUT2D eigenvalue weighted by Crippen LogP contribution is -2.17. The molecule has 0 bridgehead atoms. The molecule has 0 radical (unpaired) electrons. The van der Waals surface area contributed by atoms with E-state index in [2.05, 4.69) is 11.1 Å². The number of rotatable bonds is 5. The van der Waals surface area contributed by atoms with Gasteiger partial charge in [0.2, 0.25) is 5.78 Å². The van der Waals surface area contributed by atoms with Gasteiger partial charge in [-0.25, -0.2) is 17.4 Å². The maximum atomic E-state index is 13.7. The van der Waals surface area contributed by atoms with Crippen molar-refractivity contribution in [2.24, 2.45) is 4.99 Å². The lowest BCUT2D eigenvalue weighted by Gasteiger charge is -2.14. The molecule has 0 atom stereocenters. The third kappa shape index (κ3) is 3.61. The average Bonchev–Trinajstić information content (AvgIpc) is 3.48. The summed E-state index contributed by atoms with van der Waals surface area (Å²) in [6.45, 7) is 3.67. The summed E-state index contributed by atoms with van der Waals surface area (Å²) in [4.78, 5) is 18.4. The van der Waals surface area contributed by atoms with Gasteiger partial charge in [0.25, 0.3) is 10.0 Å². The lowest BCUT2D eigenvalue weighted by atomic mass is 9.97. The maximum Gasteiger partial charge on any atom is 0.268 e. The molecule has 35 heavy (non-hydrogen) atoms. The molecule has 8 heteroatoms. The largest absolute Gasteiger partial charge is 0.496 e. The third-order valence-electron chi connectivity index (χ3n) is 6.20. The molecule has 0 N–H and O–H groups in total. The van der Waals surface area contributed by atoms with Gasteiger partial charge in [-0.3, -0.25) is 4.79 Å². The standard InChI is InChI=1S/C27H21N3O4S/c1-16-4-8-20(9-5-16)35(32,33)30-11-10-21-25(24(34-3)12-17(2)26(21)30)27(31)23-14-19-7-6-18(15-28)13-22(19)29-23/h4-13H,14H2,1-3H3. The Morgan fingerprint density at radius 1 is 1.09 bits per heavy atom. The lowest BCUT2D eigenvalue weighted by molar-refractivity contribution is 0.106. The van der Waals surface area contributed by atoms with E-state index in [1.807, 2.05) is 6.92 Å². The molecule has 0 spiro atoms. The van der Waals surface area contributed by atoms with Gasteiger partial charge < -0.3 is 4.74 Å². The number of hydrogen-bond donors (Lipinski definition) is 0. The molecule has 1 aromatic heterocycles. The van der Waals surface area contributed by atoms with Crippen LogP contribution in [-0.4, -0.2) is 31.0 Å². The number of fused-ring (bicyclic) bond motifs is 2. The number of nitrogens with zero attached hydrogens (tertiary/aromatic N) is 3. The quantitative estimate of drug-likeness (QED) is 0.376. The molecule has 0 saturated heterocycles. The van der Waals surface area contributed by atoms with Gasteiger partial charge >= 0.3 is 0 Å². The Morgan fingerprint density at radius 2 is 1.83 bits per heavy atom. The second-order valence-electron chi connectivity index (χ2n) is 8.48. The molecule has 5 rings (SSSR count). The first-order valence-electron chi connectivity index (χ1n) is 10.9. The van der Waals surface area contributed by atoms with E-state index in [1.165, 1.54) is 17.3 Å². The van der Waals surface area contributed by atoms with E-state index in [-0.39, 0.29) is 16.2 Å². The number of hydrogen-bond acceptors (Lipinski definition) is 6. The fourth-order valence-corrected chi connectivity index (χ4v) is 5.83. The van der Waals surface area contributed by atoms with Gasteiger partial charge in [0.15, 0.2) is 0 Å². The zero-order chi connectivity index (χ0) is 24.9. The zero-order valence-electron chi connectivity index (χ0n) is 19.4. The van der Waals surface area contributed by atoms with E-state index in [4.69, 9.17) is 10.00 Å². The van der Waals surface area contributed by atoms with Crippen LogP contribution >= 0.6 is 0 Å². The molecule has 0 unspecified atom stereocenters. The van der Waals surface area contributed by atoms with E-state index in [0.717, 1.165) is 11.1 Å². The van der Waals surface area contributed by atoms with Crippen molar-refractivity contribution >= 4 is 38.1 Å². The molecule has 0 saturated carbocycles. The molecule has 2 heterocycles. The maximum absolute atomic E-state index is 13.7. The van der Waals surface area contributed by atoms with Crippen LogP contribution in [0.3, 0.4) is 0 Å². The first kappa shape index (κ1) is 22.6. The summed E-state index contributed by atoms with van der Waals surface area (Å²) < 4.78 is 33.7. The predicted molar refractivity (Wildman–Crippen MR) is 133 cm³/mol. The van der Waals surface area contributed by atoms with Crippen LogP contribution in [0.1, 0.15) is 32.6 Å². The Bertz CT molecular complexity index is 1710. The number of ketones is 1. The van der Waals surface area contributed by atoms with E-state index in [1.54, 1.807) is 61.5 Å². The molecule has 7 nitrogen and oxygen atoms in total. The van der Waals surface area contributed by atoms with E-state index in [0.29, 0.717) is 45.6 Å². The van der Waals surface area contributed by atoms with E-state index in [9.17, 15) is 13.2 Å². The molecule has 1 aliphatic heterocycles. The number of methoxy groups -OCH3 is 1. The normalized spacial score (nSPS) is 12.8. The Kier molecular flexibility index (Phi) is 5.30. The van der Waals surface area contributed by atoms with Crippen LogP contribution in [-0.2, 0) is 16.4 Å². The highest BCUT2D eigenvalue weighted by molar-refractivity contribution is 7.90. The molecule has 0 fully saturated rings. The SMILES string of the molecule is COc1cc(C)c2c(ccn2S(=O)(=O)c2ccc(C)cc2)c1C(=O)C1=Nc2cc(C#N)ccc2C1. The Labute approximate surface area is 203 Å². The molecule has 4 aromatic rings. The summed E-state index contributed by atoms with van der Waals surface area (Å²) in [6.07, 6.45) is 1.79. The summed E-state index contributed by atoms with van der Waals surface area (Å²) >= 11 is 0. The highest BCUT2D eigenvalue weighted by atomic mass is 32.2. The minimum atomic E-state index is -3.89. The minimum absolute atomic E-state index is 0.160. The monoisotopic (exact) mass is 483 g/mol. The van der Waals surface area contributed by atoms with Crippen molar-refractivity contribution in [2.75, 3.05) is 7.11 Å². The predicted octanol–water partition coefficient (Wildman–Crippen LogP) is 4.89. The second kappa shape index (κ2) is 8.22. The number of aromatic nitrogens is 1. The van der Waals surface area contributed by atoms with Gasteiger partial charge in [0, 0.05) is 18.0 Å². The number of nitriles is 1. The third-order valence-corrected chi connectivity index (χ3v) is 7.89. The molecule has 3 aromatic carbocycles. The van der Waals surface area contributed by atoms with Crippen LogP contribution in [0.4, 0.5) is 5.69 Å². The fraction of sp³-hybridized carbons (Fsp3) is 0.148. The smallest absolute Gasteiger partial charge is 0.268 e. The fourth-order valence-electron chi connectivity index (χ4n) is 4.42.